The summed E-state index contributed by atoms with van der Waals surface area (Å²) in [4.78, 5) is 11.1. The average molecular weight is 328 g/mol. The summed E-state index contributed by atoms with van der Waals surface area (Å²) in [6.45, 7) is 4.28. The van der Waals surface area contributed by atoms with E-state index in [1.54, 1.807) is 0 Å². The summed E-state index contributed by atoms with van der Waals surface area (Å²) < 4.78 is 10.3. The van der Waals surface area contributed by atoms with E-state index in [0.717, 1.165) is 38.5 Å². The highest BCUT2D eigenvalue weighted by Crippen LogP contribution is 2.13. The number of hydrogen-bond acceptors (Lipinski definition) is 3. The number of unbranched alkanes of at least 4 members (excludes halogenated alkanes) is 2. The van der Waals surface area contributed by atoms with Gasteiger partial charge in [-0.3, -0.25) is 0 Å². The number of ether oxygens (including phenoxy) is 2. The molecule has 0 aromatic carbocycles. The van der Waals surface area contributed by atoms with Gasteiger partial charge < -0.3 is 9.47 Å². The highest BCUT2D eigenvalue weighted by molar-refractivity contribution is 14.1. The lowest BCUT2D eigenvalue weighted by atomic mass is 10.1. The molecule has 0 saturated carbocycles. The monoisotopic (exact) mass is 328 g/mol. The second-order valence-electron chi connectivity index (χ2n) is 3.53. The van der Waals surface area contributed by atoms with Crippen molar-refractivity contribution in [1.82, 2.24) is 0 Å². The Kier molecular flexibility index (Phi) is 10.5. The summed E-state index contributed by atoms with van der Waals surface area (Å²) in [7, 11) is 0. The van der Waals surface area contributed by atoms with E-state index in [0.29, 0.717) is 4.61 Å². The van der Waals surface area contributed by atoms with Crippen molar-refractivity contribution >= 4 is 28.7 Å². The van der Waals surface area contributed by atoms with Crippen LogP contribution in [0.25, 0.3) is 0 Å². The zero-order chi connectivity index (χ0) is 11.5. The van der Waals surface area contributed by atoms with Crippen LogP contribution in [0.2, 0.25) is 0 Å². The van der Waals surface area contributed by atoms with Gasteiger partial charge in [-0.05, 0) is 35.4 Å². The molecule has 0 aliphatic heterocycles. The molecule has 4 heteroatoms. The molecule has 15 heavy (non-hydrogen) atoms. The lowest BCUT2D eigenvalue weighted by molar-refractivity contribution is 0.0276. The van der Waals surface area contributed by atoms with Crippen LogP contribution in [-0.2, 0) is 9.47 Å². The molecule has 0 unspecified atom stereocenters. The van der Waals surface area contributed by atoms with Gasteiger partial charge in [0.05, 0.1) is 0 Å². The summed E-state index contributed by atoms with van der Waals surface area (Å²) in [6, 6.07) is 0. The lowest BCUT2D eigenvalue weighted by Crippen LogP contribution is -2.18. The molecule has 0 amide bonds. The second kappa shape index (κ2) is 10.5. The predicted octanol–water partition coefficient (Wildman–Crippen LogP) is 4.28. The van der Waals surface area contributed by atoms with Crippen molar-refractivity contribution < 1.29 is 14.3 Å². The third kappa shape index (κ3) is 8.96. The number of carbonyl (C=O) groups is 1. The van der Waals surface area contributed by atoms with Crippen LogP contribution in [0.15, 0.2) is 0 Å². The number of rotatable bonds is 8. The molecular weight excluding hydrogens is 307 g/mol. The number of hydrogen-bond donors (Lipinski definition) is 0. The Morgan fingerprint density at radius 3 is 2.13 bits per heavy atom. The Bertz CT molecular complexity index is 154. The van der Waals surface area contributed by atoms with E-state index >= 15 is 0 Å². The molecule has 0 saturated heterocycles. The van der Waals surface area contributed by atoms with E-state index < -0.39 is 6.16 Å². The molecule has 3 nitrogen and oxygen atoms in total. The largest absolute Gasteiger partial charge is 0.509 e. The van der Waals surface area contributed by atoms with Gasteiger partial charge in [0.1, 0.15) is 10.7 Å². The SMILES string of the molecule is CCCCC(CCCC)OC(=O)OCI. The highest BCUT2D eigenvalue weighted by Gasteiger charge is 2.14. The van der Waals surface area contributed by atoms with Crippen LogP contribution < -0.4 is 0 Å². The van der Waals surface area contributed by atoms with E-state index in [1.807, 2.05) is 22.6 Å². The molecule has 0 atom stereocenters. The standard InChI is InChI=1S/C11H21IO3/c1-3-5-7-10(8-6-4-2)15-11(13)14-9-12/h10H,3-9H2,1-2H3. The summed E-state index contributed by atoms with van der Waals surface area (Å²) in [5.41, 5.74) is 0. The van der Waals surface area contributed by atoms with Crippen LogP contribution >= 0.6 is 22.6 Å². The Balaban J connectivity index is 3.82. The molecule has 0 fully saturated rings. The minimum atomic E-state index is -0.526. The van der Waals surface area contributed by atoms with Gasteiger partial charge in [-0.1, -0.05) is 39.5 Å². The number of halogens is 1. The fourth-order valence-electron chi connectivity index (χ4n) is 1.34. The second-order valence-corrected chi connectivity index (χ2v) is 4.15. The van der Waals surface area contributed by atoms with Gasteiger partial charge >= 0.3 is 6.16 Å². The van der Waals surface area contributed by atoms with Gasteiger partial charge in [0.15, 0.2) is 0 Å². The van der Waals surface area contributed by atoms with Gasteiger partial charge in [0, 0.05) is 0 Å². The molecule has 90 valence electrons. The van der Waals surface area contributed by atoms with Crippen molar-refractivity contribution in [2.75, 3.05) is 4.61 Å². The van der Waals surface area contributed by atoms with E-state index in [4.69, 9.17) is 9.47 Å². The van der Waals surface area contributed by atoms with Crippen LogP contribution in [0.5, 0.6) is 0 Å². The fourth-order valence-corrected chi connectivity index (χ4v) is 1.59. The van der Waals surface area contributed by atoms with E-state index in [-0.39, 0.29) is 6.10 Å². The van der Waals surface area contributed by atoms with Crippen LogP contribution in [0, 0.1) is 0 Å². The first-order valence-electron chi connectivity index (χ1n) is 5.63. The van der Waals surface area contributed by atoms with E-state index in [2.05, 4.69) is 13.8 Å². The van der Waals surface area contributed by atoms with E-state index in [9.17, 15) is 4.79 Å². The minimum absolute atomic E-state index is 0.0420. The van der Waals surface area contributed by atoms with Crippen molar-refractivity contribution in [1.29, 1.82) is 0 Å². The fraction of sp³-hybridized carbons (Fsp3) is 0.909. The first kappa shape index (κ1) is 15.0. The maximum atomic E-state index is 11.1. The van der Waals surface area contributed by atoms with Crippen molar-refractivity contribution in [2.45, 2.75) is 58.5 Å². The molecule has 0 aliphatic rings. The van der Waals surface area contributed by atoms with Crippen molar-refractivity contribution in [3.05, 3.63) is 0 Å². The minimum Gasteiger partial charge on any atom is -0.431 e. The number of alkyl halides is 1. The first-order valence-corrected chi connectivity index (χ1v) is 7.16. The third-order valence-corrected chi connectivity index (χ3v) is 2.51. The highest BCUT2D eigenvalue weighted by atomic mass is 127. The third-order valence-electron chi connectivity index (χ3n) is 2.19. The zero-order valence-corrected chi connectivity index (χ0v) is 11.8. The van der Waals surface area contributed by atoms with Crippen LogP contribution in [0.1, 0.15) is 52.4 Å². The zero-order valence-electron chi connectivity index (χ0n) is 9.63. The molecule has 0 spiro atoms. The number of carbonyl (C=O) groups excluding carboxylic acids is 1. The topological polar surface area (TPSA) is 35.5 Å². The normalized spacial score (nSPS) is 10.4. The van der Waals surface area contributed by atoms with Crippen molar-refractivity contribution in [2.24, 2.45) is 0 Å². The molecule has 0 N–H and O–H groups in total. The van der Waals surface area contributed by atoms with Gasteiger partial charge in [-0.2, -0.15) is 0 Å². The van der Waals surface area contributed by atoms with Gasteiger partial charge in [-0.15, -0.1) is 0 Å². The Morgan fingerprint density at radius 1 is 1.20 bits per heavy atom. The van der Waals surface area contributed by atoms with Gasteiger partial charge in [0.2, 0.25) is 0 Å². The Labute approximate surface area is 106 Å². The summed E-state index contributed by atoms with van der Waals surface area (Å²) in [5, 5.41) is 0. The molecule has 0 aromatic rings. The molecule has 0 aromatic heterocycles. The lowest BCUT2D eigenvalue weighted by Gasteiger charge is -2.16. The molecule has 0 rings (SSSR count). The maximum absolute atomic E-state index is 11.1. The predicted molar refractivity (Wildman–Crippen MR) is 69.3 cm³/mol. The van der Waals surface area contributed by atoms with Crippen molar-refractivity contribution in [3.8, 4) is 0 Å². The van der Waals surface area contributed by atoms with Crippen LogP contribution in [-0.4, -0.2) is 16.9 Å². The van der Waals surface area contributed by atoms with Crippen LogP contribution in [0.3, 0.4) is 0 Å². The van der Waals surface area contributed by atoms with Gasteiger partial charge in [-0.25, -0.2) is 4.79 Å². The molecular formula is C11H21IO3. The summed E-state index contributed by atoms with van der Waals surface area (Å²) >= 11 is 1.98. The average Bonchev–Trinajstić information content (AvgIpc) is 2.22. The molecule has 0 heterocycles. The maximum Gasteiger partial charge on any atom is 0.509 e. The van der Waals surface area contributed by atoms with Crippen molar-refractivity contribution in [3.63, 3.8) is 0 Å². The Hall–Kier alpha value is 0. The molecule has 0 radical (unpaired) electrons. The Morgan fingerprint density at radius 2 is 1.73 bits per heavy atom. The first-order chi connectivity index (χ1) is 7.24. The molecule has 0 aliphatic carbocycles. The summed E-state index contributed by atoms with van der Waals surface area (Å²) in [5.74, 6) is 0. The molecule has 0 bridgehead atoms. The van der Waals surface area contributed by atoms with Crippen LogP contribution in [0.4, 0.5) is 4.79 Å². The smallest absolute Gasteiger partial charge is 0.431 e. The van der Waals surface area contributed by atoms with Gasteiger partial charge in [0.25, 0.3) is 0 Å². The quantitative estimate of drug-likeness (QED) is 0.379. The van der Waals surface area contributed by atoms with E-state index in [1.165, 1.54) is 0 Å². The summed E-state index contributed by atoms with van der Waals surface area (Å²) in [6.07, 6.45) is 5.89.